The van der Waals surface area contributed by atoms with E-state index in [9.17, 15) is 9.90 Å². The lowest BCUT2D eigenvalue weighted by Gasteiger charge is -2.25. The number of aliphatic hydroxyl groups is 1. The van der Waals surface area contributed by atoms with E-state index in [4.69, 9.17) is 0 Å². The van der Waals surface area contributed by atoms with Crippen LogP contribution in [0.5, 0.6) is 0 Å². The highest BCUT2D eigenvalue weighted by atomic mass is 16.3. The van der Waals surface area contributed by atoms with Gasteiger partial charge in [0.2, 0.25) is 0 Å². The van der Waals surface area contributed by atoms with Crippen LogP contribution in [-0.4, -0.2) is 65.8 Å². The zero-order valence-corrected chi connectivity index (χ0v) is 12.1. The molecule has 1 saturated carbocycles. The number of likely N-dealkylation sites (N-methyl/N-ethyl adjacent to an activating group) is 1. The summed E-state index contributed by atoms with van der Waals surface area (Å²) in [5, 5.41) is 12.4. The molecule has 110 valence electrons. The van der Waals surface area contributed by atoms with Gasteiger partial charge in [0.05, 0.1) is 6.10 Å². The third-order valence-electron chi connectivity index (χ3n) is 4.27. The average molecular weight is 269 g/mol. The Balaban J connectivity index is 1.73. The lowest BCUT2D eigenvalue weighted by atomic mass is 10.2. The molecular formula is C14H27N3O2. The van der Waals surface area contributed by atoms with Crippen molar-refractivity contribution >= 4 is 6.03 Å². The zero-order chi connectivity index (χ0) is 13.8. The van der Waals surface area contributed by atoms with Crippen LogP contribution in [0, 0.1) is 0 Å². The molecule has 19 heavy (non-hydrogen) atoms. The van der Waals surface area contributed by atoms with Crippen molar-refractivity contribution < 1.29 is 9.90 Å². The second kappa shape index (κ2) is 6.57. The largest absolute Gasteiger partial charge is 0.392 e. The van der Waals surface area contributed by atoms with Crippen molar-refractivity contribution in [1.29, 1.82) is 0 Å². The number of nitrogens with zero attached hydrogens (tertiary/aromatic N) is 2. The fourth-order valence-electron chi connectivity index (χ4n) is 3.27. The van der Waals surface area contributed by atoms with Gasteiger partial charge >= 0.3 is 6.03 Å². The Labute approximate surface area is 115 Å². The minimum absolute atomic E-state index is 0.0702. The minimum atomic E-state index is -0.477. The smallest absolute Gasteiger partial charge is 0.317 e. The van der Waals surface area contributed by atoms with Gasteiger partial charge in [0, 0.05) is 38.8 Å². The van der Waals surface area contributed by atoms with Crippen LogP contribution in [0.1, 0.15) is 39.0 Å². The second-order valence-corrected chi connectivity index (χ2v) is 6.10. The van der Waals surface area contributed by atoms with Crippen molar-refractivity contribution in [2.45, 2.75) is 57.2 Å². The van der Waals surface area contributed by atoms with E-state index in [-0.39, 0.29) is 12.1 Å². The molecule has 2 aliphatic rings. The number of carbonyl (C=O) groups excluding carboxylic acids is 1. The van der Waals surface area contributed by atoms with Gasteiger partial charge in [0.15, 0.2) is 0 Å². The predicted octanol–water partition coefficient (Wildman–Crippen LogP) is 1.03. The second-order valence-electron chi connectivity index (χ2n) is 6.10. The van der Waals surface area contributed by atoms with Crippen LogP contribution in [-0.2, 0) is 0 Å². The van der Waals surface area contributed by atoms with Gasteiger partial charge in [0.25, 0.3) is 0 Å². The van der Waals surface area contributed by atoms with Crippen LogP contribution >= 0.6 is 0 Å². The Bertz CT molecular complexity index is 303. The monoisotopic (exact) mass is 269 g/mol. The summed E-state index contributed by atoms with van der Waals surface area (Å²) in [6.07, 6.45) is 5.93. The Kier molecular flexibility index (Phi) is 5.05. The van der Waals surface area contributed by atoms with Crippen LogP contribution in [0.4, 0.5) is 4.79 Å². The summed E-state index contributed by atoms with van der Waals surface area (Å²) >= 11 is 0. The number of carbonyl (C=O) groups is 1. The highest BCUT2D eigenvalue weighted by Crippen LogP contribution is 2.26. The van der Waals surface area contributed by atoms with Gasteiger partial charge in [-0.2, -0.15) is 0 Å². The molecule has 5 nitrogen and oxygen atoms in total. The fraction of sp³-hybridized carbons (Fsp3) is 0.929. The quantitative estimate of drug-likeness (QED) is 0.801. The van der Waals surface area contributed by atoms with Gasteiger partial charge in [0.1, 0.15) is 0 Å². The van der Waals surface area contributed by atoms with E-state index in [1.54, 1.807) is 18.9 Å². The molecule has 2 rings (SSSR count). The molecule has 2 atom stereocenters. The maximum Gasteiger partial charge on any atom is 0.317 e. The van der Waals surface area contributed by atoms with Gasteiger partial charge in [-0.15, -0.1) is 0 Å². The number of aliphatic hydroxyl groups excluding tert-OH is 1. The summed E-state index contributed by atoms with van der Waals surface area (Å²) in [5.41, 5.74) is 0. The molecule has 1 saturated heterocycles. The first-order chi connectivity index (χ1) is 9.06. The maximum absolute atomic E-state index is 11.9. The number of hydrogen-bond acceptors (Lipinski definition) is 3. The molecule has 1 heterocycles. The van der Waals surface area contributed by atoms with Crippen LogP contribution in [0.2, 0.25) is 0 Å². The Morgan fingerprint density at radius 1 is 1.42 bits per heavy atom. The molecule has 1 aliphatic carbocycles. The normalized spacial score (nSPS) is 26.6. The van der Waals surface area contributed by atoms with E-state index < -0.39 is 6.10 Å². The molecule has 0 aromatic carbocycles. The summed E-state index contributed by atoms with van der Waals surface area (Å²) in [7, 11) is 1.73. The number of rotatable bonds is 4. The molecule has 0 bridgehead atoms. The van der Waals surface area contributed by atoms with Crippen molar-refractivity contribution in [2.24, 2.45) is 0 Å². The summed E-state index contributed by atoms with van der Waals surface area (Å²) < 4.78 is 0. The van der Waals surface area contributed by atoms with Crippen molar-refractivity contribution in [3.63, 3.8) is 0 Å². The Hall–Kier alpha value is -0.810. The summed E-state index contributed by atoms with van der Waals surface area (Å²) in [6.45, 7) is 4.17. The van der Waals surface area contributed by atoms with Gasteiger partial charge in [-0.25, -0.2) is 4.79 Å². The molecule has 0 aromatic rings. The summed E-state index contributed by atoms with van der Waals surface area (Å²) in [4.78, 5) is 16.0. The molecular weight excluding hydrogens is 242 g/mol. The molecule has 2 unspecified atom stereocenters. The average Bonchev–Trinajstić information content (AvgIpc) is 2.96. The minimum Gasteiger partial charge on any atom is -0.392 e. The Morgan fingerprint density at radius 2 is 2.11 bits per heavy atom. The van der Waals surface area contributed by atoms with Crippen LogP contribution < -0.4 is 5.32 Å². The molecule has 0 radical (unpaired) electrons. The van der Waals surface area contributed by atoms with E-state index in [0.717, 1.165) is 25.6 Å². The number of likely N-dealkylation sites (tertiary alicyclic amines) is 1. The van der Waals surface area contributed by atoms with Crippen molar-refractivity contribution in [3.05, 3.63) is 0 Å². The molecule has 5 heteroatoms. The third kappa shape index (κ3) is 4.08. The van der Waals surface area contributed by atoms with Crippen molar-refractivity contribution in [2.75, 3.05) is 26.7 Å². The van der Waals surface area contributed by atoms with E-state index in [2.05, 4.69) is 10.2 Å². The Morgan fingerprint density at radius 3 is 2.74 bits per heavy atom. The lowest BCUT2D eigenvalue weighted by molar-refractivity contribution is 0.142. The number of hydrogen-bond donors (Lipinski definition) is 2. The standard InChI is InChI=1S/C14H27N3O2/c1-11(18)9-16(2)14(19)15-12-7-8-17(10-12)13-5-3-4-6-13/h11-13,18H,3-10H2,1-2H3,(H,15,19). The molecule has 0 aromatic heterocycles. The summed E-state index contributed by atoms with van der Waals surface area (Å²) in [6, 6.07) is 0.945. The first-order valence-electron chi connectivity index (χ1n) is 7.50. The maximum atomic E-state index is 11.9. The molecule has 2 fully saturated rings. The van der Waals surface area contributed by atoms with Gasteiger partial charge in [-0.05, 0) is 26.2 Å². The number of urea groups is 1. The lowest BCUT2D eigenvalue weighted by Crippen LogP contribution is -2.46. The molecule has 2 amide bonds. The predicted molar refractivity (Wildman–Crippen MR) is 75.1 cm³/mol. The van der Waals surface area contributed by atoms with Crippen molar-refractivity contribution in [1.82, 2.24) is 15.1 Å². The highest BCUT2D eigenvalue weighted by molar-refractivity contribution is 5.74. The van der Waals surface area contributed by atoms with E-state index in [1.165, 1.54) is 25.7 Å². The summed E-state index contributed by atoms with van der Waals surface area (Å²) in [5.74, 6) is 0. The third-order valence-corrected chi connectivity index (χ3v) is 4.27. The molecule has 2 N–H and O–H groups in total. The zero-order valence-electron chi connectivity index (χ0n) is 12.1. The van der Waals surface area contributed by atoms with Crippen molar-refractivity contribution in [3.8, 4) is 0 Å². The highest BCUT2D eigenvalue weighted by Gasteiger charge is 2.30. The van der Waals surface area contributed by atoms with Gasteiger partial charge in [-0.3, -0.25) is 4.90 Å². The topological polar surface area (TPSA) is 55.8 Å². The van der Waals surface area contributed by atoms with Crippen LogP contribution in [0.25, 0.3) is 0 Å². The first kappa shape index (κ1) is 14.6. The van der Waals surface area contributed by atoms with Crippen LogP contribution in [0.3, 0.4) is 0 Å². The van der Waals surface area contributed by atoms with E-state index in [1.807, 2.05) is 0 Å². The SMILES string of the molecule is CC(O)CN(C)C(=O)NC1CCN(C2CCCC2)C1. The fourth-order valence-corrected chi connectivity index (χ4v) is 3.27. The number of nitrogens with one attached hydrogen (secondary N) is 1. The van der Waals surface area contributed by atoms with E-state index in [0.29, 0.717) is 6.54 Å². The first-order valence-corrected chi connectivity index (χ1v) is 7.50. The van der Waals surface area contributed by atoms with Gasteiger partial charge < -0.3 is 15.3 Å². The van der Waals surface area contributed by atoms with Gasteiger partial charge in [-0.1, -0.05) is 12.8 Å². The van der Waals surface area contributed by atoms with Crippen LogP contribution in [0.15, 0.2) is 0 Å². The van der Waals surface area contributed by atoms with E-state index >= 15 is 0 Å². The number of amides is 2. The molecule has 1 aliphatic heterocycles. The molecule has 0 spiro atoms.